The number of hydrogen-bond donors (Lipinski definition) is 0. The van der Waals surface area contributed by atoms with Crippen molar-refractivity contribution in [1.82, 2.24) is 0 Å². The van der Waals surface area contributed by atoms with Gasteiger partial charge in [-0.25, -0.2) is 8.42 Å². The first-order chi connectivity index (χ1) is 13.4. The summed E-state index contributed by atoms with van der Waals surface area (Å²) in [5.74, 6) is 1.91. The number of aliphatic imine (C=N–C) groups is 1. The molecule has 0 N–H and O–H groups in total. The number of aryl methyl sites for hydroxylation is 2. The maximum atomic E-state index is 12.1. The van der Waals surface area contributed by atoms with Gasteiger partial charge in [-0.3, -0.25) is 4.99 Å². The molecule has 0 bridgehead atoms. The molecule has 0 radical (unpaired) electrons. The lowest BCUT2D eigenvalue weighted by Crippen LogP contribution is -2.39. The molecule has 28 heavy (non-hydrogen) atoms. The van der Waals surface area contributed by atoms with Crippen LogP contribution < -0.4 is 9.64 Å². The first-order valence-electron chi connectivity index (χ1n) is 9.38. The number of amidine groups is 1. The van der Waals surface area contributed by atoms with Crippen molar-refractivity contribution in [3.63, 3.8) is 0 Å². The number of para-hydroxylation sites is 1. The number of benzene rings is 2. The number of anilines is 1. The van der Waals surface area contributed by atoms with Crippen molar-refractivity contribution in [2.24, 2.45) is 4.99 Å². The Morgan fingerprint density at radius 1 is 1.11 bits per heavy atom. The largest absolute Gasteiger partial charge is 0.493 e. The van der Waals surface area contributed by atoms with Gasteiger partial charge < -0.3 is 9.64 Å². The molecule has 2 atom stereocenters. The summed E-state index contributed by atoms with van der Waals surface area (Å²) in [7, 11) is -3.03. The molecule has 2 aliphatic rings. The van der Waals surface area contributed by atoms with Crippen molar-refractivity contribution >= 4 is 32.5 Å². The predicted molar refractivity (Wildman–Crippen MR) is 116 cm³/mol. The van der Waals surface area contributed by atoms with E-state index in [2.05, 4.69) is 36.9 Å². The van der Waals surface area contributed by atoms with Crippen molar-refractivity contribution < 1.29 is 13.2 Å². The van der Waals surface area contributed by atoms with Crippen LogP contribution in [0.1, 0.15) is 11.1 Å². The lowest BCUT2D eigenvalue weighted by Gasteiger charge is -2.27. The molecule has 2 aromatic rings. The molecule has 4 rings (SSSR count). The molecule has 0 amide bonds. The van der Waals surface area contributed by atoms with Gasteiger partial charge in [0.15, 0.2) is 15.0 Å². The Morgan fingerprint density at radius 2 is 1.89 bits per heavy atom. The summed E-state index contributed by atoms with van der Waals surface area (Å²) in [6, 6.07) is 15.7. The lowest BCUT2D eigenvalue weighted by molar-refractivity contribution is 0.344. The summed E-state index contributed by atoms with van der Waals surface area (Å²) >= 11 is 1.63. The van der Waals surface area contributed by atoms with E-state index in [0.29, 0.717) is 6.61 Å². The Morgan fingerprint density at radius 3 is 2.64 bits per heavy atom. The summed E-state index contributed by atoms with van der Waals surface area (Å²) in [6.45, 7) is 4.73. The average molecular weight is 417 g/mol. The SMILES string of the molecule is Cc1ccc(N2C(SCCOc3ccccc3)=NC3CS(=O)(=O)CC32)cc1C. The smallest absolute Gasteiger partial charge is 0.164 e. The van der Waals surface area contributed by atoms with Crippen LogP contribution in [0.4, 0.5) is 5.69 Å². The maximum absolute atomic E-state index is 12.1. The second-order valence-electron chi connectivity index (χ2n) is 7.27. The summed E-state index contributed by atoms with van der Waals surface area (Å²) in [5, 5.41) is 0.893. The van der Waals surface area contributed by atoms with E-state index in [1.807, 2.05) is 30.3 Å². The van der Waals surface area contributed by atoms with Crippen LogP contribution in [-0.2, 0) is 9.84 Å². The van der Waals surface area contributed by atoms with Gasteiger partial charge in [0.05, 0.1) is 30.2 Å². The van der Waals surface area contributed by atoms with Crippen molar-refractivity contribution in [3.8, 4) is 5.75 Å². The molecule has 0 saturated carbocycles. The van der Waals surface area contributed by atoms with E-state index < -0.39 is 9.84 Å². The van der Waals surface area contributed by atoms with E-state index in [-0.39, 0.29) is 23.6 Å². The van der Waals surface area contributed by atoms with Gasteiger partial charge in [-0.2, -0.15) is 0 Å². The fourth-order valence-electron chi connectivity index (χ4n) is 3.62. The Bertz CT molecular complexity index is 990. The Kier molecular flexibility index (Phi) is 5.38. The molecule has 148 valence electrons. The van der Waals surface area contributed by atoms with Gasteiger partial charge in [0.1, 0.15) is 5.75 Å². The average Bonchev–Trinajstić information content (AvgIpc) is 3.13. The van der Waals surface area contributed by atoms with Crippen LogP contribution in [0.5, 0.6) is 5.75 Å². The summed E-state index contributed by atoms with van der Waals surface area (Å²) in [4.78, 5) is 6.89. The number of thioether (sulfide) groups is 1. The first-order valence-corrected chi connectivity index (χ1v) is 12.2. The number of sulfone groups is 1. The van der Waals surface area contributed by atoms with Crippen molar-refractivity contribution in [3.05, 3.63) is 59.7 Å². The highest BCUT2D eigenvalue weighted by Gasteiger charge is 2.47. The highest BCUT2D eigenvalue weighted by molar-refractivity contribution is 8.14. The number of fused-ring (bicyclic) bond motifs is 1. The number of hydrogen-bond acceptors (Lipinski definition) is 6. The van der Waals surface area contributed by atoms with E-state index in [1.165, 1.54) is 11.1 Å². The zero-order chi connectivity index (χ0) is 19.7. The monoisotopic (exact) mass is 416 g/mol. The van der Waals surface area contributed by atoms with Crippen LogP contribution in [-0.4, -0.2) is 49.5 Å². The fourth-order valence-corrected chi connectivity index (χ4v) is 6.40. The molecule has 1 fully saturated rings. The molecule has 5 nitrogen and oxygen atoms in total. The standard InChI is InChI=1S/C21H24N2O3S2/c1-15-8-9-17(12-16(15)2)23-20-14-28(24,25)13-19(20)22-21(23)27-11-10-26-18-6-4-3-5-7-18/h3-9,12,19-20H,10-11,13-14H2,1-2H3. The van der Waals surface area contributed by atoms with Crippen LogP contribution in [0.2, 0.25) is 0 Å². The van der Waals surface area contributed by atoms with Crippen LogP contribution in [0.3, 0.4) is 0 Å². The van der Waals surface area contributed by atoms with Gasteiger partial charge in [-0.05, 0) is 49.2 Å². The Hall–Kier alpha value is -1.99. The third kappa shape index (κ3) is 4.05. The predicted octanol–water partition coefficient (Wildman–Crippen LogP) is 3.46. The summed E-state index contributed by atoms with van der Waals surface area (Å²) in [6.07, 6.45) is 0. The summed E-state index contributed by atoms with van der Waals surface area (Å²) in [5.41, 5.74) is 3.43. The number of ether oxygens (including phenoxy) is 1. The molecule has 0 spiro atoms. The van der Waals surface area contributed by atoms with Crippen LogP contribution in [0, 0.1) is 13.8 Å². The van der Waals surface area contributed by atoms with Crippen LogP contribution in [0.15, 0.2) is 53.5 Å². The van der Waals surface area contributed by atoms with Gasteiger partial charge in [0, 0.05) is 11.4 Å². The Labute approximate surface area is 170 Å². The molecule has 2 aliphatic heterocycles. The maximum Gasteiger partial charge on any atom is 0.164 e. The molecule has 2 unspecified atom stereocenters. The first kappa shape index (κ1) is 19.3. The van der Waals surface area contributed by atoms with E-state index >= 15 is 0 Å². The topological polar surface area (TPSA) is 59.0 Å². The molecule has 1 saturated heterocycles. The highest BCUT2D eigenvalue weighted by atomic mass is 32.2. The molecule has 0 aliphatic carbocycles. The zero-order valence-electron chi connectivity index (χ0n) is 16.0. The number of rotatable bonds is 5. The van der Waals surface area contributed by atoms with Crippen molar-refractivity contribution in [1.29, 1.82) is 0 Å². The van der Waals surface area contributed by atoms with Gasteiger partial charge in [0.25, 0.3) is 0 Å². The second kappa shape index (κ2) is 7.79. The zero-order valence-corrected chi connectivity index (χ0v) is 17.7. The third-order valence-electron chi connectivity index (χ3n) is 5.20. The van der Waals surface area contributed by atoms with Crippen molar-refractivity contribution in [2.45, 2.75) is 25.9 Å². The normalized spacial score (nSPS) is 22.8. The Balaban J connectivity index is 1.49. The summed E-state index contributed by atoms with van der Waals surface area (Å²) < 4.78 is 30.1. The highest BCUT2D eigenvalue weighted by Crippen LogP contribution is 2.35. The van der Waals surface area contributed by atoms with Crippen LogP contribution >= 0.6 is 11.8 Å². The molecule has 2 aromatic carbocycles. The molecule has 0 aromatic heterocycles. The molecule has 7 heteroatoms. The van der Waals surface area contributed by atoms with E-state index in [9.17, 15) is 8.42 Å². The molecular formula is C21H24N2O3S2. The van der Waals surface area contributed by atoms with Gasteiger partial charge >= 0.3 is 0 Å². The van der Waals surface area contributed by atoms with Crippen molar-refractivity contribution in [2.75, 3.05) is 28.8 Å². The minimum atomic E-state index is -3.03. The van der Waals surface area contributed by atoms with E-state index in [4.69, 9.17) is 9.73 Å². The van der Waals surface area contributed by atoms with Gasteiger partial charge in [0.2, 0.25) is 0 Å². The lowest BCUT2D eigenvalue weighted by atomic mass is 10.1. The third-order valence-corrected chi connectivity index (χ3v) is 7.83. The quantitative estimate of drug-likeness (QED) is 0.699. The van der Waals surface area contributed by atoms with Crippen LogP contribution in [0.25, 0.3) is 0 Å². The fraction of sp³-hybridized carbons (Fsp3) is 0.381. The minimum Gasteiger partial charge on any atom is -0.493 e. The molecular weight excluding hydrogens is 392 g/mol. The second-order valence-corrected chi connectivity index (χ2v) is 10.5. The van der Waals surface area contributed by atoms with Gasteiger partial charge in [-0.1, -0.05) is 36.0 Å². The van der Waals surface area contributed by atoms with Gasteiger partial charge in [-0.15, -0.1) is 0 Å². The van der Waals surface area contributed by atoms with E-state index in [0.717, 1.165) is 22.4 Å². The minimum absolute atomic E-state index is 0.107. The number of nitrogens with zero attached hydrogens (tertiary/aromatic N) is 2. The van der Waals surface area contributed by atoms with E-state index in [1.54, 1.807) is 11.8 Å². The molecule has 2 heterocycles.